The van der Waals surface area contributed by atoms with Gasteiger partial charge in [0.05, 0.1) is 6.61 Å². The minimum absolute atomic E-state index is 0.0725. The summed E-state index contributed by atoms with van der Waals surface area (Å²) in [5.74, 6) is 0. The summed E-state index contributed by atoms with van der Waals surface area (Å²) in [6.07, 6.45) is 0.874. The number of benzene rings is 1. The topological polar surface area (TPSA) is 32.3 Å². The van der Waals surface area contributed by atoms with Crippen molar-refractivity contribution in [3.05, 3.63) is 33.8 Å². The van der Waals surface area contributed by atoms with Crippen LogP contribution in [0.5, 0.6) is 0 Å². The van der Waals surface area contributed by atoms with Gasteiger partial charge in [0.2, 0.25) is 0 Å². The lowest BCUT2D eigenvalue weighted by Crippen LogP contribution is -2.34. The summed E-state index contributed by atoms with van der Waals surface area (Å²) in [6, 6.07) is 5.57. The molecule has 0 saturated carbocycles. The molecule has 0 aliphatic heterocycles. The minimum atomic E-state index is 0.0725. The first-order chi connectivity index (χ1) is 7.58. The van der Waals surface area contributed by atoms with Crippen LogP contribution < -0.4 is 5.32 Å². The van der Waals surface area contributed by atoms with E-state index >= 15 is 0 Å². The van der Waals surface area contributed by atoms with Gasteiger partial charge in [-0.1, -0.05) is 30.1 Å². The SMILES string of the molecule is CCC(CO)NC(C)c1cc(Cl)ccc1Cl. The van der Waals surface area contributed by atoms with Crippen molar-refractivity contribution in [1.29, 1.82) is 0 Å². The van der Waals surface area contributed by atoms with Gasteiger partial charge in [0, 0.05) is 22.1 Å². The number of nitrogens with one attached hydrogen (secondary N) is 1. The third-order valence-electron chi connectivity index (χ3n) is 2.62. The molecule has 2 N–H and O–H groups in total. The second-order valence-corrected chi connectivity index (χ2v) is 4.69. The third-order valence-corrected chi connectivity index (χ3v) is 3.20. The fourth-order valence-corrected chi connectivity index (χ4v) is 2.05. The van der Waals surface area contributed by atoms with Crippen molar-refractivity contribution in [3.63, 3.8) is 0 Å². The highest BCUT2D eigenvalue weighted by Gasteiger charge is 2.13. The average Bonchev–Trinajstić information content (AvgIpc) is 2.28. The highest BCUT2D eigenvalue weighted by atomic mass is 35.5. The summed E-state index contributed by atoms with van der Waals surface area (Å²) in [4.78, 5) is 0. The van der Waals surface area contributed by atoms with Crippen LogP contribution in [0.2, 0.25) is 10.0 Å². The van der Waals surface area contributed by atoms with Gasteiger partial charge in [0.1, 0.15) is 0 Å². The molecule has 0 fully saturated rings. The first-order valence-electron chi connectivity index (χ1n) is 5.40. The lowest BCUT2D eigenvalue weighted by Gasteiger charge is -2.21. The largest absolute Gasteiger partial charge is 0.395 e. The Kier molecular flexibility index (Phi) is 5.56. The Morgan fingerprint density at radius 1 is 1.38 bits per heavy atom. The lowest BCUT2D eigenvalue weighted by molar-refractivity contribution is 0.230. The van der Waals surface area contributed by atoms with Gasteiger partial charge < -0.3 is 10.4 Å². The molecule has 90 valence electrons. The summed E-state index contributed by atoms with van der Waals surface area (Å²) in [6.45, 7) is 4.16. The molecule has 0 aromatic heterocycles. The van der Waals surface area contributed by atoms with Crippen molar-refractivity contribution in [1.82, 2.24) is 5.32 Å². The molecule has 0 bridgehead atoms. The van der Waals surface area contributed by atoms with Crippen LogP contribution in [0.3, 0.4) is 0 Å². The standard InChI is InChI=1S/C12H17Cl2NO/c1-3-10(7-16)15-8(2)11-6-9(13)4-5-12(11)14/h4-6,8,10,15-16H,3,7H2,1-2H3. The van der Waals surface area contributed by atoms with E-state index in [1.54, 1.807) is 12.1 Å². The molecule has 2 unspecified atom stereocenters. The molecule has 1 aromatic rings. The van der Waals surface area contributed by atoms with Gasteiger partial charge in [-0.3, -0.25) is 0 Å². The highest BCUT2D eigenvalue weighted by molar-refractivity contribution is 6.33. The number of aliphatic hydroxyl groups excluding tert-OH is 1. The van der Waals surface area contributed by atoms with Crippen molar-refractivity contribution in [3.8, 4) is 0 Å². The zero-order valence-corrected chi connectivity index (χ0v) is 11.0. The van der Waals surface area contributed by atoms with Crippen LogP contribution >= 0.6 is 23.2 Å². The van der Waals surface area contributed by atoms with E-state index in [1.165, 1.54) is 0 Å². The quantitative estimate of drug-likeness (QED) is 0.852. The Morgan fingerprint density at radius 2 is 2.06 bits per heavy atom. The zero-order valence-electron chi connectivity index (χ0n) is 9.50. The van der Waals surface area contributed by atoms with Gasteiger partial charge in [0.15, 0.2) is 0 Å². The molecule has 1 aromatic carbocycles. The molecule has 0 amide bonds. The molecular weight excluding hydrogens is 245 g/mol. The van der Waals surface area contributed by atoms with E-state index in [1.807, 2.05) is 19.9 Å². The van der Waals surface area contributed by atoms with Crippen molar-refractivity contribution in [2.75, 3.05) is 6.61 Å². The Hall–Kier alpha value is -0.280. The highest BCUT2D eigenvalue weighted by Crippen LogP contribution is 2.26. The van der Waals surface area contributed by atoms with Crippen LogP contribution in [0.25, 0.3) is 0 Å². The third kappa shape index (κ3) is 3.63. The van der Waals surface area contributed by atoms with Gasteiger partial charge in [-0.15, -0.1) is 0 Å². The van der Waals surface area contributed by atoms with E-state index < -0.39 is 0 Å². The maximum absolute atomic E-state index is 9.12. The fourth-order valence-electron chi connectivity index (χ4n) is 1.59. The maximum Gasteiger partial charge on any atom is 0.0584 e. The Morgan fingerprint density at radius 3 is 2.62 bits per heavy atom. The summed E-state index contributed by atoms with van der Waals surface area (Å²) >= 11 is 12.0. The molecule has 1 rings (SSSR count). The number of rotatable bonds is 5. The van der Waals surface area contributed by atoms with Crippen LogP contribution in [0, 0.1) is 0 Å². The normalized spacial score (nSPS) is 14.8. The molecule has 4 heteroatoms. The summed E-state index contributed by atoms with van der Waals surface area (Å²) in [5.41, 5.74) is 0.959. The zero-order chi connectivity index (χ0) is 12.1. The maximum atomic E-state index is 9.12. The molecule has 2 nitrogen and oxygen atoms in total. The van der Waals surface area contributed by atoms with E-state index in [0.717, 1.165) is 12.0 Å². The molecule has 0 saturated heterocycles. The summed E-state index contributed by atoms with van der Waals surface area (Å²) < 4.78 is 0. The Bertz CT molecular complexity index is 340. The molecule has 16 heavy (non-hydrogen) atoms. The molecule has 0 spiro atoms. The van der Waals surface area contributed by atoms with E-state index in [-0.39, 0.29) is 18.7 Å². The van der Waals surface area contributed by atoms with Crippen molar-refractivity contribution in [2.45, 2.75) is 32.4 Å². The van der Waals surface area contributed by atoms with Gasteiger partial charge in [0.25, 0.3) is 0 Å². The van der Waals surface area contributed by atoms with E-state index in [2.05, 4.69) is 5.32 Å². The summed E-state index contributed by atoms with van der Waals surface area (Å²) in [5, 5.41) is 13.8. The second kappa shape index (κ2) is 6.45. The van der Waals surface area contributed by atoms with Crippen LogP contribution in [0.15, 0.2) is 18.2 Å². The van der Waals surface area contributed by atoms with Crippen LogP contribution in [0.1, 0.15) is 31.9 Å². The fraction of sp³-hybridized carbons (Fsp3) is 0.500. The van der Waals surface area contributed by atoms with E-state index in [0.29, 0.717) is 10.0 Å². The van der Waals surface area contributed by atoms with Crippen LogP contribution in [-0.4, -0.2) is 17.8 Å². The smallest absolute Gasteiger partial charge is 0.0584 e. The van der Waals surface area contributed by atoms with Crippen molar-refractivity contribution < 1.29 is 5.11 Å². The monoisotopic (exact) mass is 261 g/mol. The van der Waals surface area contributed by atoms with Gasteiger partial charge in [-0.25, -0.2) is 0 Å². The predicted octanol–water partition coefficient (Wildman–Crippen LogP) is 3.41. The van der Waals surface area contributed by atoms with Gasteiger partial charge in [-0.2, -0.15) is 0 Å². The average molecular weight is 262 g/mol. The Labute approximate surface area is 107 Å². The number of halogens is 2. The molecule has 0 radical (unpaired) electrons. The van der Waals surface area contributed by atoms with E-state index in [9.17, 15) is 0 Å². The first kappa shape index (κ1) is 13.8. The lowest BCUT2D eigenvalue weighted by atomic mass is 10.1. The first-order valence-corrected chi connectivity index (χ1v) is 6.16. The molecular formula is C12H17Cl2NO. The van der Waals surface area contributed by atoms with Gasteiger partial charge in [-0.05, 0) is 37.1 Å². The number of aliphatic hydroxyl groups is 1. The Balaban J connectivity index is 2.79. The molecule has 2 atom stereocenters. The van der Waals surface area contributed by atoms with Crippen LogP contribution in [0.4, 0.5) is 0 Å². The molecule has 0 aliphatic rings. The number of hydrogen-bond acceptors (Lipinski definition) is 2. The molecule has 0 aliphatic carbocycles. The van der Waals surface area contributed by atoms with Crippen LogP contribution in [-0.2, 0) is 0 Å². The molecule has 0 heterocycles. The van der Waals surface area contributed by atoms with Crippen molar-refractivity contribution >= 4 is 23.2 Å². The van der Waals surface area contributed by atoms with Gasteiger partial charge >= 0.3 is 0 Å². The number of hydrogen-bond donors (Lipinski definition) is 2. The second-order valence-electron chi connectivity index (χ2n) is 3.84. The summed E-state index contributed by atoms with van der Waals surface area (Å²) in [7, 11) is 0. The predicted molar refractivity (Wildman–Crippen MR) is 69.2 cm³/mol. The minimum Gasteiger partial charge on any atom is -0.395 e. The van der Waals surface area contributed by atoms with Crippen molar-refractivity contribution in [2.24, 2.45) is 0 Å². The van der Waals surface area contributed by atoms with E-state index in [4.69, 9.17) is 28.3 Å².